The van der Waals surface area contributed by atoms with Crippen LogP contribution in [0.4, 0.5) is 0 Å². The van der Waals surface area contributed by atoms with Crippen molar-refractivity contribution in [3.8, 4) is 0 Å². The van der Waals surface area contributed by atoms with Gasteiger partial charge in [0.15, 0.2) is 0 Å². The van der Waals surface area contributed by atoms with Crippen LogP contribution in [0.1, 0.15) is 21.5 Å². The second kappa shape index (κ2) is 3.80. The molecule has 1 aliphatic heterocycles. The number of fused-ring (bicyclic) bond motifs is 1. The lowest BCUT2D eigenvalue weighted by atomic mass is 9.98. The molecule has 1 aromatic rings. The summed E-state index contributed by atoms with van der Waals surface area (Å²) in [5, 5.41) is 4.30. The number of nitrogens with zero attached hydrogens (tertiary/aromatic N) is 1. The van der Waals surface area contributed by atoms with Crippen molar-refractivity contribution in [3.05, 3.63) is 34.9 Å². The number of rotatable bonds is 1. The van der Waals surface area contributed by atoms with Gasteiger partial charge in [0.05, 0.1) is 12.7 Å². The van der Waals surface area contributed by atoms with Crippen LogP contribution in [-0.2, 0) is 17.7 Å². The van der Waals surface area contributed by atoms with Gasteiger partial charge in [0.2, 0.25) is 0 Å². The predicted octanol–water partition coefficient (Wildman–Crippen LogP) is 1.13. The number of benzene rings is 1. The average molecular weight is 190 g/mol. The summed E-state index contributed by atoms with van der Waals surface area (Å²) in [7, 11) is 1.40. The molecule has 2 rings (SSSR count). The van der Waals surface area contributed by atoms with Crippen molar-refractivity contribution >= 4 is 5.97 Å². The molecular weight excluding hydrogens is 178 g/mol. The third-order valence-corrected chi connectivity index (χ3v) is 2.45. The Balaban J connectivity index is 2.33. The Morgan fingerprint density at radius 1 is 1.43 bits per heavy atom. The van der Waals surface area contributed by atoms with Crippen molar-refractivity contribution in [2.75, 3.05) is 13.7 Å². The third-order valence-electron chi connectivity index (χ3n) is 2.45. The first kappa shape index (κ1) is 9.21. The van der Waals surface area contributed by atoms with E-state index in [1.165, 1.54) is 18.2 Å². The topological polar surface area (TPSA) is 40.4 Å². The van der Waals surface area contributed by atoms with Crippen LogP contribution < -0.4 is 5.32 Å². The second-order valence-electron chi connectivity index (χ2n) is 3.33. The Hall–Kier alpha value is -1.35. The molecular formula is C11H12NO2. The molecule has 0 bridgehead atoms. The Morgan fingerprint density at radius 3 is 3.07 bits per heavy atom. The van der Waals surface area contributed by atoms with Crippen LogP contribution in [0.25, 0.3) is 0 Å². The van der Waals surface area contributed by atoms with Crippen LogP contribution in [0.3, 0.4) is 0 Å². The van der Waals surface area contributed by atoms with E-state index >= 15 is 0 Å². The Kier molecular flexibility index (Phi) is 2.50. The molecule has 0 amide bonds. The minimum absolute atomic E-state index is 0.268. The highest BCUT2D eigenvalue weighted by atomic mass is 16.5. The maximum Gasteiger partial charge on any atom is 0.337 e. The number of hydrogen-bond acceptors (Lipinski definition) is 2. The molecule has 0 saturated carbocycles. The molecule has 1 heterocycles. The molecule has 0 unspecified atom stereocenters. The van der Waals surface area contributed by atoms with E-state index in [2.05, 4.69) is 10.1 Å². The van der Waals surface area contributed by atoms with Gasteiger partial charge in [-0.05, 0) is 29.7 Å². The van der Waals surface area contributed by atoms with E-state index in [0.717, 1.165) is 19.5 Å². The van der Waals surface area contributed by atoms with Crippen molar-refractivity contribution in [2.24, 2.45) is 0 Å². The molecule has 0 aromatic heterocycles. The summed E-state index contributed by atoms with van der Waals surface area (Å²) in [5.74, 6) is -0.268. The summed E-state index contributed by atoms with van der Waals surface area (Å²) < 4.78 is 4.66. The highest BCUT2D eigenvalue weighted by molar-refractivity contribution is 5.89. The van der Waals surface area contributed by atoms with Gasteiger partial charge in [0, 0.05) is 13.1 Å². The van der Waals surface area contributed by atoms with Crippen molar-refractivity contribution in [3.63, 3.8) is 0 Å². The largest absolute Gasteiger partial charge is 0.465 e. The lowest BCUT2D eigenvalue weighted by molar-refractivity contribution is 0.0600. The molecule has 14 heavy (non-hydrogen) atoms. The molecule has 1 aliphatic rings. The summed E-state index contributed by atoms with van der Waals surface area (Å²) in [6, 6.07) is 5.67. The first-order valence-corrected chi connectivity index (χ1v) is 4.64. The van der Waals surface area contributed by atoms with Gasteiger partial charge in [-0.15, -0.1) is 0 Å². The van der Waals surface area contributed by atoms with E-state index < -0.39 is 0 Å². The van der Waals surface area contributed by atoms with Crippen LogP contribution in [0, 0.1) is 0 Å². The van der Waals surface area contributed by atoms with Crippen LogP contribution in [0.2, 0.25) is 0 Å². The third kappa shape index (κ3) is 1.63. The Labute approximate surface area is 83.1 Å². The van der Waals surface area contributed by atoms with E-state index in [4.69, 9.17) is 0 Å². The molecule has 0 spiro atoms. The highest BCUT2D eigenvalue weighted by Gasteiger charge is 2.12. The number of carbonyl (C=O) groups is 1. The maximum absolute atomic E-state index is 11.3. The number of esters is 1. The van der Waals surface area contributed by atoms with Crippen LogP contribution in [0.15, 0.2) is 18.2 Å². The standard InChI is InChI=1S/C11H12NO2/c1-14-11(13)9-2-3-10-7-12-5-4-8(10)6-9/h2-3,6H,4-5,7H2,1H3. The van der Waals surface area contributed by atoms with E-state index in [0.29, 0.717) is 5.56 Å². The summed E-state index contributed by atoms with van der Waals surface area (Å²) in [6.07, 6.45) is 0.931. The first-order chi connectivity index (χ1) is 6.81. The number of ether oxygens (including phenoxy) is 1. The Morgan fingerprint density at radius 2 is 2.29 bits per heavy atom. The summed E-state index contributed by atoms with van der Waals surface area (Å²) >= 11 is 0. The number of carbonyl (C=O) groups excluding carboxylic acids is 1. The van der Waals surface area contributed by atoms with Crippen molar-refractivity contribution in [1.29, 1.82) is 0 Å². The lowest BCUT2D eigenvalue weighted by Crippen LogP contribution is -2.18. The Bertz CT molecular complexity index is 360. The lowest BCUT2D eigenvalue weighted by Gasteiger charge is -2.15. The fourth-order valence-electron chi connectivity index (χ4n) is 1.66. The van der Waals surface area contributed by atoms with Crippen LogP contribution in [0.5, 0.6) is 0 Å². The zero-order valence-corrected chi connectivity index (χ0v) is 8.12. The van der Waals surface area contributed by atoms with Crippen molar-refractivity contribution < 1.29 is 9.53 Å². The minimum Gasteiger partial charge on any atom is -0.465 e. The van der Waals surface area contributed by atoms with Gasteiger partial charge in [-0.3, -0.25) is 0 Å². The van der Waals surface area contributed by atoms with Crippen LogP contribution >= 0.6 is 0 Å². The predicted molar refractivity (Wildman–Crippen MR) is 52.2 cm³/mol. The number of hydrogen-bond donors (Lipinski definition) is 0. The maximum atomic E-state index is 11.3. The minimum atomic E-state index is -0.268. The van der Waals surface area contributed by atoms with Crippen LogP contribution in [-0.4, -0.2) is 19.6 Å². The van der Waals surface area contributed by atoms with Gasteiger partial charge < -0.3 is 4.74 Å². The SMILES string of the molecule is COC(=O)c1ccc2c(c1)CC[N]C2. The van der Waals surface area contributed by atoms with E-state index in [9.17, 15) is 4.79 Å². The highest BCUT2D eigenvalue weighted by Crippen LogP contribution is 2.16. The van der Waals surface area contributed by atoms with Gasteiger partial charge in [-0.2, -0.15) is 0 Å². The van der Waals surface area contributed by atoms with Gasteiger partial charge in [-0.25, -0.2) is 10.1 Å². The quantitative estimate of drug-likeness (QED) is 0.623. The van der Waals surface area contributed by atoms with E-state index in [1.54, 1.807) is 6.07 Å². The monoisotopic (exact) mass is 190 g/mol. The second-order valence-corrected chi connectivity index (χ2v) is 3.33. The van der Waals surface area contributed by atoms with E-state index in [1.807, 2.05) is 12.1 Å². The molecule has 0 atom stereocenters. The average Bonchev–Trinajstić information content (AvgIpc) is 2.27. The van der Waals surface area contributed by atoms with Gasteiger partial charge in [0.1, 0.15) is 0 Å². The molecule has 0 aliphatic carbocycles. The van der Waals surface area contributed by atoms with Gasteiger partial charge in [0.25, 0.3) is 0 Å². The smallest absolute Gasteiger partial charge is 0.337 e. The fourth-order valence-corrected chi connectivity index (χ4v) is 1.66. The zero-order chi connectivity index (χ0) is 9.97. The van der Waals surface area contributed by atoms with Gasteiger partial charge >= 0.3 is 5.97 Å². The molecule has 3 nitrogen and oxygen atoms in total. The molecule has 1 aromatic carbocycles. The summed E-state index contributed by atoms with van der Waals surface area (Å²) in [6.45, 7) is 1.63. The van der Waals surface area contributed by atoms with Gasteiger partial charge in [-0.1, -0.05) is 6.07 Å². The summed E-state index contributed by atoms with van der Waals surface area (Å²) in [4.78, 5) is 11.3. The van der Waals surface area contributed by atoms with Crippen molar-refractivity contribution in [2.45, 2.75) is 13.0 Å². The molecule has 3 heteroatoms. The fraction of sp³-hybridized carbons (Fsp3) is 0.364. The molecule has 1 radical (unpaired) electrons. The zero-order valence-electron chi connectivity index (χ0n) is 8.12. The van der Waals surface area contributed by atoms with E-state index in [-0.39, 0.29) is 5.97 Å². The first-order valence-electron chi connectivity index (χ1n) is 4.64. The normalized spacial score (nSPS) is 14.6. The molecule has 0 saturated heterocycles. The summed E-state index contributed by atoms with van der Waals surface area (Å²) in [5.41, 5.74) is 3.08. The molecule has 0 N–H and O–H groups in total. The van der Waals surface area contributed by atoms with Crippen molar-refractivity contribution in [1.82, 2.24) is 5.32 Å². The molecule has 0 fully saturated rings. The molecule has 73 valence electrons. The number of methoxy groups -OCH3 is 1.